The number of benzene rings is 1. The summed E-state index contributed by atoms with van der Waals surface area (Å²) in [5, 5.41) is 3.12. The molecule has 0 heterocycles. The average Bonchev–Trinajstić information content (AvgIpc) is 2.44. The number of anilines is 1. The van der Waals surface area contributed by atoms with E-state index >= 15 is 0 Å². The fourth-order valence-electron chi connectivity index (χ4n) is 1.91. The number of carbonyl (C=O) groups excluding carboxylic acids is 1. The Morgan fingerprint density at radius 1 is 1.45 bits per heavy atom. The number of carbonyl (C=O) groups is 1. The van der Waals surface area contributed by atoms with Crippen molar-refractivity contribution in [2.24, 2.45) is 5.73 Å². The van der Waals surface area contributed by atoms with E-state index in [-0.39, 0.29) is 6.04 Å². The standard InChI is InChI=1S/C14H21FN2O3/c1-19-9-11(4-3-7-16)17-13-8-10(15)5-6-12(13)14(18)20-2/h5-6,8,11,17H,3-4,7,9,16H2,1-2H3. The van der Waals surface area contributed by atoms with Gasteiger partial charge in [0.15, 0.2) is 0 Å². The molecular weight excluding hydrogens is 263 g/mol. The van der Waals surface area contributed by atoms with Crippen molar-refractivity contribution in [2.45, 2.75) is 18.9 Å². The van der Waals surface area contributed by atoms with Crippen LogP contribution in [0.5, 0.6) is 0 Å². The highest BCUT2D eigenvalue weighted by Gasteiger charge is 2.16. The summed E-state index contributed by atoms with van der Waals surface area (Å²) in [5.41, 5.74) is 6.18. The van der Waals surface area contributed by atoms with Crippen LogP contribution >= 0.6 is 0 Å². The van der Waals surface area contributed by atoms with Crippen LogP contribution in [-0.2, 0) is 9.47 Å². The number of nitrogens with two attached hydrogens (primary N) is 1. The summed E-state index contributed by atoms with van der Waals surface area (Å²) < 4.78 is 23.2. The number of methoxy groups -OCH3 is 2. The molecule has 1 aromatic rings. The van der Waals surface area contributed by atoms with Gasteiger partial charge in [0, 0.05) is 13.2 Å². The highest BCUT2D eigenvalue weighted by atomic mass is 19.1. The Morgan fingerprint density at radius 3 is 2.80 bits per heavy atom. The summed E-state index contributed by atoms with van der Waals surface area (Å²) in [4.78, 5) is 11.7. The lowest BCUT2D eigenvalue weighted by molar-refractivity contribution is 0.0601. The van der Waals surface area contributed by atoms with Gasteiger partial charge in [-0.05, 0) is 37.6 Å². The molecule has 20 heavy (non-hydrogen) atoms. The minimum Gasteiger partial charge on any atom is -0.465 e. The summed E-state index contributed by atoms with van der Waals surface area (Å²) in [6, 6.07) is 3.85. The van der Waals surface area contributed by atoms with Crippen LogP contribution in [0.4, 0.5) is 10.1 Å². The van der Waals surface area contributed by atoms with Crippen LogP contribution < -0.4 is 11.1 Å². The van der Waals surface area contributed by atoms with E-state index in [0.29, 0.717) is 24.4 Å². The van der Waals surface area contributed by atoms with Crippen LogP contribution in [0, 0.1) is 5.82 Å². The molecule has 0 saturated heterocycles. The fraction of sp³-hybridized carbons (Fsp3) is 0.500. The first-order valence-electron chi connectivity index (χ1n) is 6.45. The van der Waals surface area contributed by atoms with Crippen molar-refractivity contribution in [2.75, 3.05) is 32.7 Å². The Kier molecular flexibility index (Phi) is 6.97. The molecule has 5 nitrogen and oxygen atoms in total. The van der Waals surface area contributed by atoms with E-state index < -0.39 is 11.8 Å². The maximum Gasteiger partial charge on any atom is 0.339 e. The molecule has 0 aliphatic heterocycles. The Balaban J connectivity index is 2.91. The molecule has 1 atom stereocenters. The predicted molar refractivity (Wildman–Crippen MR) is 75.3 cm³/mol. The molecule has 1 unspecified atom stereocenters. The molecule has 1 aromatic carbocycles. The van der Waals surface area contributed by atoms with E-state index in [0.717, 1.165) is 12.8 Å². The largest absolute Gasteiger partial charge is 0.465 e. The molecule has 0 saturated carbocycles. The van der Waals surface area contributed by atoms with Gasteiger partial charge in [-0.15, -0.1) is 0 Å². The highest BCUT2D eigenvalue weighted by Crippen LogP contribution is 2.20. The first-order chi connectivity index (χ1) is 9.62. The number of hydrogen-bond acceptors (Lipinski definition) is 5. The third-order valence-corrected chi connectivity index (χ3v) is 2.87. The lowest BCUT2D eigenvalue weighted by atomic mass is 10.1. The summed E-state index contributed by atoms with van der Waals surface area (Å²) in [6.07, 6.45) is 1.57. The zero-order valence-corrected chi connectivity index (χ0v) is 11.8. The second-order valence-corrected chi connectivity index (χ2v) is 4.41. The number of rotatable bonds is 8. The van der Waals surface area contributed by atoms with E-state index in [4.69, 9.17) is 10.5 Å². The molecule has 3 N–H and O–H groups in total. The van der Waals surface area contributed by atoms with Crippen LogP contribution in [0.3, 0.4) is 0 Å². The Bertz CT molecular complexity index is 440. The zero-order valence-electron chi connectivity index (χ0n) is 11.8. The number of esters is 1. The Labute approximate surface area is 118 Å². The maximum atomic E-state index is 13.4. The second-order valence-electron chi connectivity index (χ2n) is 4.41. The van der Waals surface area contributed by atoms with Crippen molar-refractivity contribution in [3.8, 4) is 0 Å². The van der Waals surface area contributed by atoms with Gasteiger partial charge in [-0.25, -0.2) is 9.18 Å². The van der Waals surface area contributed by atoms with Crippen LogP contribution in [0.15, 0.2) is 18.2 Å². The number of halogens is 1. The normalized spacial score (nSPS) is 12.0. The van der Waals surface area contributed by atoms with Crippen molar-refractivity contribution in [1.82, 2.24) is 0 Å². The lowest BCUT2D eigenvalue weighted by Gasteiger charge is -2.20. The molecule has 0 aromatic heterocycles. The summed E-state index contributed by atoms with van der Waals surface area (Å²) in [7, 11) is 2.88. The Morgan fingerprint density at radius 2 is 2.20 bits per heavy atom. The monoisotopic (exact) mass is 284 g/mol. The van der Waals surface area contributed by atoms with Crippen LogP contribution in [0.2, 0.25) is 0 Å². The van der Waals surface area contributed by atoms with E-state index in [2.05, 4.69) is 10.1 Å². The first-order valence-corrected chi connectivity index (χ1v) is 6.45. The average molecular weight is 284 g/mol. The molecule has 0 aliphatic rings. The first kappa shape index (κ1) is 16.4. The van der Waals surface area contributed by atoms with E-state index in [1.165, 1.54) is 25.3 Å². The maximum absolute atomic E-state index is 13.4. The van der Waals surface area contributed by atoms with Crippen LogP contribution in [0.1, 0.15) is 23.2 Å². The smallest absolute Gasteiger partial charge is 0.339 e. The van der Waals surface area contributed by atoms with Gasteiger partial charge in [-0.3, -0.25) is 0 Å². The third kappa shape index (κ3) is 4.79. The summed E-state index contributed by atoms with van der Waals surface area (Å²) >= 11 is 0. The molecule has 6 heteroatoms. The summed E-state index contributed by atoms with van der Waals surface area (Å²) in [5.74, 6) is -0.933. The minimum absolute atomic E-state index is 0.0474. The minimum atomic E-state index is -0.512. The second kappa shape index (κ2) is 8.50. The number of ether oxygens (including phenoxy) is 2. The van der Waals surface area contributed by atoms with Gasteiger partial charge in [-0.2, -0.15) is 0 Å². The lowest BCUT2D eigenvalue weighted by Crippen LogP contribution is -2.27. The Hall–Kier alpha value is -1.66. The predicted octanol–water partition coefficient (Wildman–Crippen LogP) is 1.78. The van der Waals surface area contributed by atoms with Crippen LogP contribution in [-0.4, -0.2) is 39.4 Å². The van der Waals surface area contributed by atoms with Crippen molar-refractivity contribution in [3.63, 3.8) is 0 Å². The molecule has 0 aliphatic carbocycles. The molecule has 1 rings (SSSR count). The fourth-order valence-corrected chi connectivity index (χ4v) is 1.91. The van der Waals surface area contributed by atoms with Gasteiger partial charge in [-0.1, -0.05) is 0 Å². The number of hydrogen-bond donors (Lipinski definition) is 2. The van der Waals surface area contributed by atoms with Gasteiger partial charge in [0.25, 0.3) is 0 Å². The van der Waals surface area contributed by atoms with Gasteiger partial charge in [0.2, 0.25) is 0 Å². The van der Waals surface area contributed by atoms with E-state index in [1.807, 2.05) is 0 Å². The van der Waals surface area contributed by atoms with Gasteiger partial charge < -0.3 is 20.5 Å². The van der Waals surface area contributed by atoms with E-state index in [1.54, 1.807) is 7.11 Å². The molecule has 0 bridgehead atoms. The molecular formula is C14H21FN2O3. The number of nitrogens with one attached hydrogen (secondary N) is 1. The quantitative estimate of drug-likeness (QED) is 0.712. The molecule has 0 amide bonds. The topological polar surface area (TPSA) is 73.6 Å². The highest BCUT2D eigenvalue weighted by molar-refractivity contribution is 5.95. The third-order valence-electron chi connectivity index (χ3n) is 2.87. The van der Waals surface area contributed by atoms with Gasteiger partial charge >= 0.3 is 5.97 Å². The SMILES string of the molecule is COCC(CCCN)Nc1cc(F)ccc1C(=O)OC. The van der Waals surface area contributed by atoms with Crippen molar-refractivity contribution < 1.29 is 18.7 Å². The molecule has 0 spiro atoms. The van der Waals surface area contributed by atoms with Crippen molar-refractivity contribution in [3.05, 3.63) is 29.6 Å². The molecule has 112 valence electrons. The van der Waals surface area contributed by atoms with Gasteiger partial charge in [0.1, 0.15) is 5.82 Å². The summed E-state index contributed by atoms with van der Waals surface area (Å²) in [6.45, 7) is 1.01. The molecule has 0 fully saturated rings. The van der Waals surface area contributed by atoms with Crippen molar-refractivity contribution >= 4 is 11.7 Å². The zero-order chi connectivity index (χ0) is 15.0. The van der Waals surface area contributed by atoms with Crippen LogP contribution in [0.25, 0.3) is 0 Å². The van der Waals surface area contributed by atoms with Crippen molar-refractivity contribution in [1.29, 1.82) is 0 Å². The van der Waals surface area contributed by atoms with E-state index in [9.17, 15) is 9.18 Å². The van der Waals surface area contributed by atoms with Gasteiger partial charge in [0.05, 0.1) is 25.0 Å². The molecule has 0 radical (unpaired) electrons.